The van der Waals surface area contributed by atoms with Crippen molar-refractivity contribution in [2.75, 3.05) is 25.0 Å². The van der Waals surface area contributed by atoms with Crippen molar-refractivity contribution in [3.8, 4) is 0 Å². The van der Waals surface area contributed by atoms with E-state index in [1.807, 2.05) is 0 Å². The molecule has 30 heavy (non-hydrogen) atoms. The molecule has 2 aromatic carbocycles. The van der Waals surface area contributed by atoms with Crippen LogP contribution >= 0.6 is 0 Å². The number of likely N-dealkylation sites (tertiary alicyclic amines) is 1. The molecule has 6 nitrogen and oxygen atoms in total. The van der Waals surface area contributed by atoms with Crippen LogP contribution in [-0.4, -0.2) is 53.2 Å². The zero-order chi connectivity index (χ0) is 21.3. The lowest BCUT2D eigenvalue weighted by Gasteiger charge is -2.34. The molecule has 1 saturated heterocycles. The first-order chi connectivity index (χ1) is 14.4. The minimum atomic E-state index is -0.388. The number of nitrogens with one attached hydrogen (secondary N) is 1. The number of hydrogen-bond donors (Lipinski definition) is 1. The Kier molecular flexibility index (Phi) is 5.57. The maximum Gasteiger partial charge on any atom is 0.262 e. The molecule has 2 heterocycles. The number of fused-ring (bicyclic) bond motifs is 1. The Balaban J connectivity index is 1.37. The Hall–Kier alpha value is -3.15. The number of rotatable bonds is 5. The first kappa shape index (κ1) is 20.1. The highest BCUT2D eigenvalue weighted by atomic mass is 16.2. The topological polar surface area (TPSA) is 69.7 Å². The molecule has 2 aliphatic rings. The Labute approximate surface area is 176 Å². The van der Waals surface area contributed by atoms with Gasteiger partial charge in [0.15, 0.2) is 0 Å². The molecule has 0 unspecified atom stereocenters. The fourth-order valence-electron chi connectivity index (χ4n) is 4.14. The minimum Gasteiger partial charge on any atom is -0.381 e. The lowest BCUT2D eigenvalue weighted by molar-refractivity contribution is -0.132. The third-order valence-electron chi connectivity index (χ3n) is 5.89. The van der Waals surface area contributed by atoms with Crippen molar-refractivity contribution in [1.29, 1.82) is 0 Å². The van der Waals surface area contributed by atoms with Crippen molar-refractivity contribution < 1.29 is 14.4 Å². The molecule has 2 aliphatic heterocycles. The quantitative estimate of drug-likeness (QED) is 0.773. The van der Waals surface area contributed by atoms with E-state index < -0.39 is 0 Å². The van der Waals surface area contributed by atoms with Crippen LogP contribution in [-0.2, 0) is 4.79 Å². The van der Waals surface area contributed by atoms with Gasteiger partial charge in [0.1, 0.15) is 6.54 Å². The highest BCUT2D eigenvalue weighted by Crippen LogP contribution is 2.23. The zero-order valence-corrected chi connectivity index (χ0v) is 17.4. The number of anilines is 1. The van der Waals surface area contributed by atoms with Gasteiger partial charge in [-0.1, -0.05) is 38.1 Å². The minimum absolute atomic E-state index is 0.148. The van der Waals surface area contributed by atoms with Gasteiger partial charge in [-0.2, -0.15) is 0 Å². The van der Waals surface area contributed by atoms with Gasteiger partial charge < -0.3 is 10.2 Å². The van der Waals surface area contributed by atoms with Gasteiger partial charge in [-0.15, -0.1) is 0 Å². The maximum absolute atomic E-state index is 12.9. The van der Waals surface area contributed by atoms with Gasteiger partial charge in [-0.25, -0.2) is 0 Å². The zero-order valence-electron chi connectivity index (χ0n) is 17.4. The monoisotopic (exact) mass is 405 g/mol. The summed E-state index contributed by atoms with van der Waals surface area (Å²) in [5, 5.41) is 3.52. The summed E-state index contributed by atoms with van der Waals surface area (Å²) in [4.78, 5) is 40.7. The number of amides is 3. The van der Waals surface area contributed by atoms with Gasteiger partial charge in [-0.3, -0.25) is 19.3 Å². The predicted molar refractivity (Wildman–Crippen MR) is 116 cm³/mol. The number of nitrogens with zero attached hydrogens (tertiary/aromatic N) is 2. The fraction of sp³-hybridized carbons (Fsp3) is 0.375. The van der Waals surface area contributed by atoms with Crippen LogP contribution in [0.1, 0.15) is 58.9 Å². The second kappa shape index (κ2) is 8.30. The van der Waals surface area contributed by atoms with E-state index >= 15 is 0 Å². The molecule has 0 bridgehead atoms. The predicted octanol–water partition coefficient (Wildman–Crippen LogP) is 3.51. The van der Waals surface area contributed by atoms with Crippen LogP contribution in [0.4, 0.5) is 5.69 Å². The summed E-state index contributed by atoms with van der Waals surface area (Å²) in [5.41, 5.74) is 3.08. The normalized spacial score (nSPS) is 18.7. The SMILES string of the molecule is CC(C)c1ccc(N[C@@H]2CCCN(C(=O)CN3C(=O)c4ccccc4C3=O)C2)cc1. The lowest BCUT2D eigenvalue weighted by atomic mass is 10.0. The molecule has 2 aromatic rings. The molecule has 0 aliphatic carbocycles. The molecule has 3 amide bonds. The van der Waals surface area contributed by atoms with Gasteiger partial charge in [0, 0.05) is 24.8 Å². The van der Waals surface area contributed by atoms with E-state index in [1.54, 1.807) is 29.2 Å². The molecule has 0 radical (unpaired) electrons. The second-order valence-electron chi connectivity index (χ2n) is 8.34. The Bertz CT molecular complexity index is 933. The summed E-state index contributed by atoms with van der Waals surface area (Å²) in [6.45, 7) is 5.34. The van der Waals surface area contributed by atoms with Crippen LogP contribution in [0.3, 0.4) is 0 Å². The maximum atomic E-state index is 12.9. The van der Waals surface area contributed by atoms with Crippen molar-refractivity contribution in [3.05, 3.63) is 65.2 Å². The van der Waals surface area contributed by atoms with E-state index in [1.165, 1.54) is 5.56 Å². The van der Waals surface area contributed by atoms with Crippen molar-refractivity contribution in [2.45, 2.75) is 38.6 Å². The van der Waals surface area contributed by atoms with E-state index in [0.29, 0.717) is 30.1 Å². The van der Waals surface area contributed by atoms with Gasteiger partial charge in [0.25, 0.3) is 11.8 Å². The Morgan fingerprint density at radius 2 is 1.67 bits per heavy atom. The summed E-state index contributed by atoms with van der Waals surface area (Å²) < 4.78 is 0. The number of benzene rings is 2. The average Bonchev–Trinajstić information content (AvgIpc) is 2.99. The lowest BCUT2D eigenvalue weighted by Crippen LogP contribution is -2.49. The van der Waals surface area contributed by atoms with Crippen molar-refractivity contribution >= 4 is 23.4 Å². The van der Waals surface area contributed by atoms with Crippen molar-refractivity contribution in [2.24, 2.45) is 0 Å². The van der Waals surface area contributed by atoms with E-state index in [2.05, 4.69) is 43.4 Å². The Morgan fingerprint density at radius 3 is 2.27 bits per heavy atom. The van der Waals surface area contributed by atoms with Gasteiger partial charge >= 0.3 is 0 Å². The van der Waals surface area contributed by atoms with Gasteiger partial charge in [0.05, 0.1) is 11.1 Å². The van der Waals surface area contributed by atoms with Crippen molar-refractivity contribution in [3.63, 3.8) is 0 Å². The molecule has 0 aromatic heterocycles. The van der Waals surface area contributed by atoms with Crippen LogP contribution in [0.5, 0.6) is 0 Å². The smallest absolute Gasteiger partial charge is 0.262 e. The molecule has 4 rings (SSSR count). The summed E-state index contributed by atoms with van der Waals surface area (Å²) in [6, 6.07) is 15.3. The number of hydrogen-bond acceptors (Lipinski definition) is 4. The van der Waals surface area contributed by atoms with Gasteiger partial charge in [-0.05, 0) is 48.6 Å². The molecule has 1 fully saturated rings. The summed E-state index contributed by atoms with van der Waals surface area (Å²) >= 11 is 0. The Morgan fingerprint density at radius 1 is 1.03 bits per heavy atom. The molecule has 156 valence electrons. The van der Waals surface area contributed by atoms with Gasteiger partial charge in [0.2, 0.25) is 5.91 Å². The number of piperidine rings is 1. The standard InChI is InChI=1S/C24H27N3O3/c1-16(2)17-9-11-18(12-10-17)25-19-6-5-13-26(14-19)22(28)15-27-23(29)20-7-3-4-8-21(20)24(27)30/h3-4,7-12,16,19,25H,5-6,13-15H2,1-2H3/t19-/m1/s1. The molecule has 1 N–H and O–H groups in total. The molecular formula is C24H27N3O3. The van der Waals surface area contributed by atoms with Crippen LogP contribution in [0.25, 0.3) is 0 Å². The number of carbonyl (C=O) groups excluding carboxylic acids is 3. The second-order valence-corrected chi connectivity index (χ2v) is 8.34. The molecule has 0 spiro atoms. The van der Waals surface area contributed by atoms with Crippen molar-refractivity contribution in [1.82, 2.24) is 9.80 Å². The molecule has 0 saturated carbocycles. The van der Waals surface area contributed by atoms with Crippen LogP contribution in [0.2, 0.25) is 0 Å². The first-order valence-corrected chi connectivity index (χ1v) is 10.5. The van der Waals surface area contributed by atoms with Crippen LogP contribution < -0.4 is 5.32 Å². The summed E-state index contributed by atoms with van der Waals surface area (Å²) in [6.07, 6.45) is 1.86. The highest BCUT2D eigenvalue weighted by molar-refractivity contribution is 6.22. The highest BCUT2D eigenvalue weighted by Gasteiger charge is 2.37. The van der Waals surface area contributed by atoms with E-state index in [9.17, 15) is 14.4 Å². The molecule has 1 atom stereocenters. The van der Waals surface area contributed by atoms with E-state index in [0.717, 1.165) is 23.4 Å². The summed E-state index contributed by atoms with van der Waals surface area (Å²) in [5.74, 6) is -0.475. The number of carbonyl (C=O) groups is 3. The summed E-state index contributed by atoms with van der Waals surface area (Å²) in [7, 11) is 0. The third kappa shape index (κ3) is 3.95. The van der Waals surface area contributed by atoms with E-state index in [4.69, 9.17) is 0 Å². The van der Waals surface area contributed by atoms with Crippen LogP contribution in [0.15, 0.2) is 48.5 Å². The average molecular weight is 405 g/mol. The number of imide groups is 1. The van der Waals surface area contributed by atoms with Crippen LogP contribution in [0, 0.1) is 0 Å². The van der Waals surface area contributed by atoms with E-state index in [-0.39, 0.29) is 30.3 Å². The molecular weight excluding hydrogens is 378 g/mol. The first-order valence-electron chi connectivity index (χ1n) is 10.5. The largest absolute Gasteiger partial charge is 0.381 e. The molecule has 6 heteroatoms. The third-order valence-corrected chi connectivity index (χ3v) is 5.89. The fourth-order valence-corrected chi connectivity index (χ4v) is 4.14.